The monoisotopic (exact) mass is 494 g/mol. The maximum atomic E-state index is 13.7. The summed E-state index contributed by atoms with van der Waals surface area (Å²) in [6, 6.07) is 10.3. The van der Waals surface area contributed by atoms with Crippen LogP contribution in [0.5, 0.6) is 5.75 Å². The van der Waals surface area contributed by atoms with Crippen molar-refractivity contribution in [3.8, 4) is 5.75 Å². The number of nitrogens with one attached hydrogen (secondary N) is 2. The number of carboxylic acids is 1. The standard InChI is InChI=1S/C22H22F3N4O4P/c1-4-33-17-11-13(20(30)31)9-10-15(17)28-21-26-12-14(22(23,24)25)19(29-21)27-16-7-5-6-8-18(16)34(2,3)32/h5-12H,4H2,1-3H3,(H,30,31)(H2,26,27,28,29). The average molecular weight is 494 g/mol. The summed E-state index contributed by atoms with van der Waals surface area (Å²) in [6.45, 7) is 4.96. The van der Waals surface area contributed by atoms with E-state index in [4.69, 9.17) is 4.74 Å². The Balaban J connectivity index is 2.04. The summed E-state index contributed by atoms with van der Waals surface area (Å²) in [6.07, 6.45) is -4.12. The van der Waals surface area contributed by atoms with E-state index in [1.54, 1.807) is 25.1 Å². The van der Waals surface area contributed by atoms with Gasteiger partial charge in [0.2, 0.25) is 5.95 Å². The molecule has 0 fully saturated rings. The molecule has 3 N–H and O–H groups in total. The van der Waals surface area contributed by atoms with E-state index in [1.165, 1.54) is 37.6 Å². The molecule has 0 spiro atoms. The highest BCUT2D eigenvalue weighted by Gasteiger charge is 2.36. The SMILES string of the molecule is CCOc1cc(C(=O)O)ccc1Nc1ncc(C(F)(F)F)c(Nc2ccccc2P(C)(C)=O)n1. The lowest BCUT2D eigenvalue weighted by atomic mass is 10.2. The maximum absolute atomic E-state index is 13.7. The smallest absolute Gasteiger partial charge is 0.421 e. The van der Waals surface area contributed by atoms with Gasteiger partial charge in [0.15, 0.2) is 0 Å². The second-order valence-corrected chi connectivity index (χ2v) is 10.7. The normalized spacial score (nSPS) is 11.7. The van der Waals surface area contributed by atoms with Crippen LogP contribution < -0.4 is 20.7 Å². The van der Waals surface area contributed by atoms with Crippen LogP contribution in [0, 0.1) is 0 Å². The van der Waals surface area contributed by atoms with Gasteiger partial charge in [0.25, 0.3) is 0 Å². The van der Waals surface area contributed by atoms with Crippen LogP contribution in [0.2, 0.25) is 0 Å². The molecule has 0 unspecified atom stereocenters. The van der Waals surface area contributed by atoms with Crippen molar-refractivity contribution >= 4 is 41.6 Å². The molecule has 0 aliphatic carbocycles. The first-order valence-corrected chi connectivity index (χ1v) is 12.6. The second kappa shape index (κ2) is 9.72. The van der Waals surface area contributed by atoms with Crippen LogP contribution in [0.25, 0.3) is 0 Å². The van der Waals surface area contributed by atoms with E-state index in [0.717, 1.165) is 0 Å². The van der Waals surface area contributed by atoms with Crippen molar-refractivity contribution in [3.63, 3.8) is 0 Å². The van der Waals surface area contributed by atoms with Crippen molar-refractivity contribution in [2.75, 3.05) is 30.6 Å². The summed E-state index contributed by atoms with van der Waals surface area (Å²) in [7, 11) is -2.81. The minimum atomic E-state index is -4.75. The number of benzene rings is 2. The molecule has 1 heterocycles. The Morgan fingerprint density at radius 2 is 1.82 bits per heavy atom. The number of alkyl halides is 3. The molecular formula is C22H22F3N4O4P. The summed E-state index contributed by atoms with van der Waals surface area (Å²) in [4.78, 5) is 19.0. The maximum Gasteiger partial charge on any atom is 0.421 e. The summed E-state index contributed by atoms with van der Waals surface area (Å²) in [5.74, 6) is -1.71. The van der Waals surface area contributed by atoms with Crippen LogP contribution in [0.3, 0.4) is 0 Å². The number of rotatable bonds is 8. The molecule has 2 aromatic carbocycles. The van der Waals surface area contributed by atoms with Crippen LogP contribution in [0.1, 0.15) is 22.8 Å². The summed E-state index contributed by atoms with van der Waals surface area (Å²) >= 11 is 0. The third-order valence-electron chi connectivity index (χ3n) is 4.61. The van der Waals surface area contributed by atoms with E-state index in [1.807, 2.05) is 0 Å². The predicted molar refractivity (Wildman–Crippen MR) is 124 cm³/mol. The highest BCUT2D eigenvalue weighted by Crippen LogP contribution is 2.40. The average Bonchev–Trinajstić information content (AvgIpc) is 2.74. The first-order valence-electron chi connectivity index (χ1n) is 10.0. The van der Waals surface area contributed by atoms with E-state index in [-0.39, 0.29) is 35.2 Å². The molecule has 3 aromatic rings. The molecule has 0 aliphatic heterocycles. The summed E-state index contributed by atoms with van der Waals surface area (Å²) in [5.41, 5.74) is -0.637. The van der Waals surface area contributed by atoms with E-state index in [9.17, 15) is 27.6 Å². The predicted octanol–water partition coefficient (Wildman–Crippen LogP) is 5.33. The van der Waals surface area contributed by atoms with Gasteiger partial charge in [-0.1, -0.05) is 12.1 Å². The van der Waals surface area contributed by atoms with Gasteiger partial charge in [-0.25, -0.2) is 9.78 Å². The lowest BCUT2D eigenvalue weighted by Gasteiger charge is -2.18. The zero-order valence-corrected chi connectivity index (χ0v) is 19.4. The molecular weight excluding hydrogens is 472 g/mol. The Morgan fingerprint density at radius 3 is 2.44 bits per heavy atom. The Kier molecular flexibility index (Phi) is 7.16. The molecule has 3 rings (SSSR count). The quantitative estimate of drug-likeness (QED) is 0.360. The van der Waals surface area contributed by atoms with Crippen molar-refractivity contribution in [2.24, 2.45) is 0 Å². The van der Waals surface area contributed by atoms with Crippen LogP contribution >= 0.6 is 7.14 Å². The summed E-state index contributed by atoms with van der Waals surface area (Å²) in [5, 5.41) is 15.0. The van der Waals surface area contributed by atoms with Gasteiger partial charge in [-0.2, -0.15) is 18.2 Å². The second-order valence-electron chi connectivity index (χ2n) is 7.52. The van der Waals surface area contributed by atoms with Crippen LogP contribution in [0.15, 0.2) is 48.7 Å². The Bertz CT molecular complexity index is 1260. The van der Waals surface area contributed by atoms with Gasteiger partial charge in [-0.15, -0.1) is 0 Å². The van der Waals surface area contributed by atoms with Crippen LogP contribution in [-0.2, 0) is 10.7 Å². The topological polar surface area (TPSA) is 113 Å². The van der Waals surface area contributed by atoms with E-state index in [2.05, 4.69) is 20.6 Å². The van der Waals surface area contributed by atoms with E-state index in [0.29, 0.717) is 11.5 Å². The van der Waals surface area contributed by atoms with Gasteiger partial charge in [0.1, 0.15) is 24.3 Å². The number of halogens is 3. The van der Waals surface area contributed by atoms with E-state index >= 15 is 0 Å². The number of carbonyl (C=O) groups is 1. The Labute approximate surface area is 193 Å². The molecule has 0 bridgehead atoms. The molecule has 1 aromatic heterocycles. The fraction of sp³-hybridized carbons (Fsp3) is 0.227. The Hall–Kier alpha value is -3.59. The molecule has 0 saturated heterocycles. The van der Waals surface area contributed by atoms with Gasteiger partial charge in [-0.05, 0) is 50.6 Å². The molecule has 34 heavy (non-hydrogen) atoms. The van der Waals surface area contributed by atoms with Crippen molar-refractivity contribution in [1.82, 2.24) is 9.97 Å². The number of aromatic carboxylic acids is 1. The van der Waals surface area contributed by atoms with Crippen LogP contribution in [-0.4, -0.2) is 41.0 Å². The minimum Gasteiger partial charge on any atom is -0.492 e. The molecule has 12 heteroatoms. The lowest BCUT2D eigenvalue weighted by molar-refractivity contribution is -0.137. The van der Waals surface area contributed by atoms with Crippen LogP contribution in [0.4, 0.5) is 36.3 Å². The third-order valence-corrected chi connectivity index (χ3v) is 6.16. The number of para-hydroxylation sites is 1. The first kappa shape index (κ1) is 25.0. The molecule has 180 valence electrons. The van der Waals surface area contributed by atoms with Gasteiger partial charge < -0.3 is 25.0 Å². The van der Waals surface area contributed by atoms with Gasteiger partial charge >= 0.3 is 12.1 Å². The fourth-order valence-electron chi connectivity index (χ4n) is 3.08. The van der Waals surface area contributed by atoms with Crippen molar-refractivity contribution in [1.29, 1.82) is 0 Å². The molecule has 0 aliphatic rings. The number of nitrogens with zero attached hydrogens (tertiary/aromatic N) is 2. The highest BCUT2D eigenvalue weighted by molar-refractivity contribution is 7.70. The molecule has 0 amide bonds. The van der Waals surface area contributed by atoms with E-state index < -0.39 is 30.7 Å². The Morgan fingerprint density at radius 1 is 1.12 bits per heavy atom. The number of carboxylic acid groups (broad SMARTS) is 1. The number of hydrogen-bond acceptors (Lipinski definition) is 7. The number of aromatic nitrogens is 2. The zero-order chi connectivity index (χ0) is 25.1. The number of hydrogen-bond donors (Lipinski definition) is 3. The summed E-state index contributed by atoms with van der Waals surface area (Å²) < 4.78 is 59.1. The van der Waals surface area contributed by atoms with Gasteiger partial charge in [0, 0.05) is 11.5 Å². The van der Waals surface area contributed by atoms with Crippen molar-refractivity contribution in [3.05, 3.63) is 59.8 Å². The first-order chi connectivity index (χ1) is 15.9. The van der Waals surface area contributed by atoms with Gasteiger partial charge in [-0.3, -0.25) is 0 Å². The molecule has 0 atom stereocenters. The van der Waals surface area contributed by atoms with Crippen molar-refractivity contribution in [2.45, 2.75) is 13.1 Å². The third kappa shape index (κ3) is 5.85. The van der Waals surface area contributed by atoms with Crippen molar-refractivity contribution < 1.29 is 32.4 Å². The fourth-order valence-corrected chi connectivity index (χ4v) is 4.23. The number of anilines is 4. The number of ether oxygens (including phenoxy) is 1. The molecule has 0 saturated carbocycles. The largest absolute Gasteiger partial charge is 0.492 e. The highest BCUT2D eigenvalue weighted by atomic mass is 31.2. The minimum absolute atomic E-state index is 0.0233. The molecule has 0 radical (unpaired) electrons. The lowest BCUT2D eigenvalue weighted by Crippen LogP contribution is -2.16. The zero-order valence-electron chi connectivity index (χ0n) is 18.5. The molecule has 8 nitrogen and oxygen atoms in total. The van der Waals surface area contributed by atoms with Gasteiger partial charge in [0.05, 0.1) is 23.5 Å².